The first-order valence-electron chi connectivity index (χ1n) is 6.12. The van der Waals surface area contributed by atoms with E-state index in [1.807, 2.05) is 24.3 Å². The van der Waals surface area contributed by atoms with Gasteiger partial charge in [-0.1, -0.05) is 6.92 Å². The summed E-state index contributed by atoms with van der Waals surface area (Å²) in [6, 6.07) is 4.11. The average Bonchev–Trinajstić information content (AvgIpc) is 2.90. The SMILES string of the molecule is CCNCc1cc(COc2cc(C)[nH]n2)c(C)s1. The van der Waals surface area contributed by atoms with Gasteiger partial charge >= 0.3 is 0 Å². The van der Waals surface area contributed by atoms with Crippen LogP contribution in [0.25, 0.3) is 0 Å². The molecule has 0 atom stereocenters. The third kappa shape index (κ3) is 3.34. The Kier molecular flexibility index (Phi) is 4.38. The lowest BCUT2D eigenvalue weighted by Gasteiger charge is -2.01. The summed E-state index contributed by atoms with van der Waals surface area (Å²) in [6.07, 6.45) is 0. The predicted octanol–water partition coefficient (Wildman–Crippen LogP) is 2.78. The molecular formula is C13H19N3OS. The number of ether oxygens (including phenoxy) is 1. The van der Waals surface area contributed by atoms with Crippen LogP contribution in [0.5, 0.6) is 5.88 Å². The molecule has 4 nitrogen and oxygen atoms in total. The lowest BCUT2D eigenvalue weighted by Crippen LogP contribution is -2.10. The van der Waals surface area contributed by atoms with E-state index in [9.17, 15) is 0 Å². The first kappa shape index (κ1) is 13.1. The zero-order valence-electron chi connectivity index (χ0n) is 11.0. The number of rotatable bonds is 6. The Bertz CT molecular complexity index is 504. The van der Waals surface area contributed by atoms with Gasteiger partial charge in [0.2, 0.25) is 5.88 Å². The summed E-state index contributed by atoms with van der Waals surface area (Å²) in [6.45, 7) is 8.72. The predicted molar refractivity (Wildman–Crippen MR) is 74.1 cm³/mol. The van der Waals surface area contributed by atoms with Crippen molar-refractivity contribution in [2.45, 2.75) is 33.9 Å². The van der Waals surface area contributed by atoms with E-state index in [4.69, 9.17) is 4.74 Å². The van der Waals surface area contributed by atoms with Crippen LogP contribution in [-0.2, 0) is 13.2 Å². The maximum absolute atomic E-state index is 5.66. The Balaban J connectivity index is 1.94. The number of hydrogen-bond acceptors (Lipinski definition) is 4. The fourth-order valence-corrected chi connectivity index (χ4v) is 2.70. The molecule has 0 aromatic carbocycles. The second kappa shape index (κ2) is 6.02. The van der Waals surface area contributed by atoms with Crippen molar-refractivity contribution in [1.29, 1.82) is 0 Å². The van der Waals surface area contributed by atoms with E-state index in [1.165, 1.54) is 15.3 Å². The lowest BCUT2D eigenvalue weighted by atomic mass is 10.2. The van der Waals surface area contributed by atoms with Gasteiger partial charge in [-0.3, -0.25) is 5.10 Å². The van der Waals surface area contributed by atoms with E-state index in [0.29, 0.717) is 12.5 Å². The molecule has 2 aromatic heterocycles. The van der Waals surface area contributed by atoms with Crippen molar-refractivity contribution in [1.82, 2.24) is 15.5 Å². The van der Waals surface area contributed by atoms with Gasteiger partial charge in [0.15, 0.2) is 0 Å². The van der Waals surface area contributed by atoms with Gasteiger partial charge in [-0.25, -0.2) is 0 Å². The van der Waals surface area contributed by atoms with Crippen molar-refractivity contribution < 1.29 is 4.74 Å². The first-order chi connectivity index (χ1) is 8.69. The number of nitrogens with zero attached hydrogens (tertiary/aromatic N) is 1. The molecule has 0 aliphatic heterocycles. The van der Waals surface area contributed by atoms with Gasteiger partial charge in [0.05, 0.1) is 0 Å². The van der Waals surface area contributed by atoms with Crippen LogP contribution in [0.4, 0.5) is 0 Å². The highest BCUT2D eigenvalue weighted by Gasteiger charge is 2.07. The zero-order chi connectivity index (χ0) is 13.0. The summed E-state index contributed by atoms with van der Waals surface area (Å²) in [5.74, 6) is 0.659. The van der Waals surface area contributed by atoms with Crippen LogP contribution in [0.2, 0.25) is 0 Å². The molecule has 2 rings (SSSR count). The molecule has 0 amide bonds. The molecule has 0 aliphatic rings. The van der Waals surface area contributed by atoms with Gasteiger partial charge in [0.1, 0.15) is 6.61 Å². The molecule has 0 saturated heterocycles. The van der Waals surface area contributed by atoms with E-state index in [-0.39, 0.29) is 0 Å². The average molecular weight is 265 g/mol. The van der Waals surface area contributed by atoms with Crippen molar-refractivity contribution in [3.05, 3.63) is 33.1 Å². The van der Waals surface area contributed by atoms with Crippen molar-refractivity contribution in [2.75, 3.05) is 6.54 Å². The molecule has 2 N–H and O–H groups in total. The van der Waals surface area contributed by atoms with E-state index >= 15 is 0 Å². The van der Waals surface area contributed by atoms with Crippen LogP contribution in [0.1, 0.15) is 27.9 Å². The topological polar surface area (TPSA) is 49.9 Å². The summed E-state index contributed by atoms with van der Waals surface area (Å²) in [5, 5.41) is 10.3. The molecule has 5 heteroatoms. The Labute approximate surface area is 111 Å². The molecular weight excluding hydrogens is 246 g/mol. The van der Waals surface area contributed by atoms with E-state index in [1.54, 1.807) is 0 Å². The van der Waals surface area contributed by atoms with E-state index in [0.717, 1.165) is 18.8 Å². The van der Waals surface area contributed by atoms with Gasteiger partial charge in [-0.15, -0.1) is 16.4 Å². The summed E-state index contributed by atoms with van der Waals surface area (Å²) in [5.41, 5.74) is 2.26. The summed E-state index contributed by atoms with van der Waals surface area (Å²) < 4.78 is 5.66. The quantitative estimate of drug-likeness (QED) is 0.844. The maximum Gasteiger partial charge on any atom is 0.233 e. The Morgan fingerprint density at radius 2 is 2.22 bits per heavy atom. The Hall–Kier alpha value is -1.33. The first-order valence-corrected chi connectivity index (χ1v) is 6.94. The molecule has 98 valence electrons. The van der Waals surface area contributed by atoms with Crippen LogP contribution in [0.15, 0.2) is 12.1 Å². The van der Waals surface area contributed by atoms with Crippen molar-refractivity contribution in [2.24, 2.45) is 0 Å². The summed E-state index contributed by atoms with van der Waals surface area (Å²) in [4.78, 5) is 2.67. The molecule has 0 aliphatic carbocycles. The largest absolute Gasteiger partial charge is 0.472 e. The number of H-pyrrole nitrogens is 1. The monoisotopic (exact) mass is 265 g/mol. The maximum atomic E-state index is 5.66. The van der Waals surface area contributed by atoms with Crippen LogP contribution >= 0.6 is 11.3 Å². The highest BCUT2D eigenvalue weighted by molar-refractivity contribution is 7.12. The van der Waals surface area contributed by atoms with Crippen molar-refractivity contribution in [3.63, 3.8) is 0 Å². The third-order valence-corrected chi connectivity index (χ3v) is 3.77. The molecule has 0 fully saturated rings. The second-order valence-electron chi connectivity index (χ2n) is 4.25. The van der Waals surface area contributed by atoms with E-state index in [2.05, 4.69) is 35.4 Å². The zero-order valence-corrected chi connectivity index (χ0v) is 11.9. The minimum atomic E-state index is 0.582. The highest BCUT2D eigenvalue weighted by Crippen LogP contribution is 2.23. The molecule has 18 heavy (non-hydrogen) atoms. The van der Waals surface area contributed by atoms with Crippen LogP contribution in [-0.4, -0.2) is 16.7 Å². The highest BCUT2D eigenvalue weighted by atomic mass is 32.1. The number of aryl methyl sites for hydroxylation is 2. The standard InChI is InChI=1S/C13H19N3OS/c1-4-14-7-12-6-11(10(3)18-12)8-17-13-5-9(2)15-16-13/h5-6,14H,4,7-8H2,1-3H3,(H,15,16). The van der Waals surface area contributed by atoms with Gasteiger partial charge in [-0.05, 0) is 26.5 Å². The number of aromatic amines is 1. The van der Waals surface area contributed by atoms with Crippen molar-refractivity contribution >= 4 is 11.3 Å². The summed E-state index contributed by atoms with van der Waals surface area (Å²) >= 11 is 1.82. The van der Waals surface area contributed by atoms with Crippen LogP contribution in [0, 0.1) is 13.8 Å². The van der Waals surface area contributed by atoms with Crippen molar-refractivity contribution in [3.8, 4) is 5.88 Å². The number of thiophene rings is 1. The number of aromatic nitrogens is 2. The minimum absolute atomic E-state index is 0.582. The fourth-order valence-electron chi connectivity index (χ4n) is 1.68. The molecule has 0 spiro atoms. The van der Waals surface area contributed by atoms with Gasteiger partial charge < -0.3 is 10.1 Å². The fraction of sp³-hybridized carbons (Fsp3) is 0.462. The lowest BCUT2D eigenvalue weighted by molar-refractivity contribution is 0.293. The third-order valence-electron chi connectivity index (χ3n) is 2.68. The molecule has 0 bridgehead atoms. The van der Waals surface area contributed by atoms with Crippen LogP contribution < -0.4 is 10.1 Å². The molecule has 0 saturated carbocycles. The van der Waals surface area contributed by atoms with E-state index < -0.39 is 0 Å². The number of hydrogen-bond donors (Lipinski definition) is 2. The second-order valence-corrected chi connectivity index (χ2v) is 5.59. The van der Waals surface area contributed by atoms with Gasteiger partial charge in [-0.2, -0.15) is 0 Å². The minimum Gasteiger partial charge on any atom is -0.472 e. The molecule has 0 radical (unpaired) electrons. The normalized spacial score (nSPS) is 10.8. The number of nitrogens with one attached hydrogen (secondary N) is 2. The molecule has 0 unspecified atom stereocenters. The molecule has 2 aromatic rings. The van der Waals surface area contributed by atoms with Crippen LogP contribution in [0.3, 0.4) is 0 Å². The Morgan fingerprint density at radius 3 is 2.89 bits per heavy atom. The summed E-state index contributed by atoms with van der Waals surface area (Å²) in [7, 11) is 0. The smallest absolute Gasteiger partial charge is 0.233 e. The molecule has 2 heterocycles. The van der Waals surface area contributed by atoms with Gasteiger partial charge in [0.25, 0.3) is 0 Å². The Morgan fingerprint density at radius 1 is 1.39 bits per heavy atom. The van der Waals surface area contributed by atoms with Gasteiger partial charge in [0, 0.05) is 33.6 Å².